The van der Waals surface area contributed by atoms with E-state index in [-0.39, 0.29) is 34.6 Å². The number of hydrogen-bond donors (Lipinski definition) is 2. The lowest BCUT2D eigenvalue weighted by Crippen LogP contribution is -2.08. The Hall–Kier alpha value is -3.36. The van der Waals surface area contributed by atoms with E-state index in [4.69, 9.17) is 14.6 Å². The maximum Gasteiger partial charge on any atom is 0.340 e. The van der Waals surface area contributed by atoms with Crippen molar-refractivity contribution in [3.8, 4) is 11.1 Å². The van der Waals surface area contributed by atoms with Gasteiger partial charge >= 0.3 is 5.97 Å². The second-order valence-corrected chi connectivity index (χ2v) is 7.44. The van der Waals surface area contributed by atoms with Crippen LogP contribution < -0.4 is 0 Å². The first-order chi connectivity index (χ1) is 15.9. The van der Waals surface area contributed by atoms with Gasteiger partial charge in [-0.1, -0.05) is 24.3 Å². The zero-order valence-electron chi connectivity index (χ0n) is 18.4. The first kappa shape index (κ1) is 24.3. The Morgan fingerprint density at radius 1 is 1.00 bits per heavy atom. The van der Waals surface area contributed by atoms with E-state index in [1.54, 1.807) is 24.3 Å². The number of aromatic amines is 1. The Balaban J connectivity index is 1.94. The fourth-order valence-electron chi connectivity index (χ4n) is 3.61. The molecule has 174 valence electrons. The normalized spacial score (nSPS) is 10.9. The smallest absolute Gasteiger partial charge is 0.340 e. The van der Waals surface area contributed by atoms with Gasteiger partial charge in [-0.2, -0.15) is 0 Å². The highest BCUT2D eigenvalue weighted by Crippen LogP contribution is 2.35. The number of methoxy groups -OCH3 is 1. The number of halogens is 2. The van der Waals surface area contributed by atoms with Crippen LogP contribution in [-0.4, -0.2) is 48.8 Å². The number of H-pyrrole nitrogens is 1. The van der Waals surface area contributed by atoms with E-state index in [1.807, 2.05) is 0 Å². The molecule has 3 aromatic rings. The summed E-state index contributed by atoms with van der Waals surface area (Å²) < 4.78 is 39.0. The number of ketones is 1. The molecule has 2 N–H and O–H groups in total. The number of benzene rings is 2. The summed E-state index contributed by atoms with van der Waals surface area (Å²) in [5.41, 5.74) is 0.997. The van der Waals surface area contributed by atoms with Gasteiger partial charge in [-0.05, 0) is 43.0 Å². The van der Waals surface area contributed by atoms with Crippen LogP contribution in [0.15, 0.2) is 42.6 Å². The summed E-state index contributed by atoms with van der Waals surface area (Å²) in [5.74, 6) is -2.66. The number of esters is 1. The second kappa shape index (κ2) is 11.0. The van der Waals surface area contributed by atoms with Crippen LogP contribution in [0.2, 0.25) is 0 Å². The highest BCUT2D eigenvalue weighted by Gasteiger charge is 2.28. The third-order valence-electron chi connectivity index (χ3n) is 5.32. The molecule has 33 heavy (non-hydrogen) atoms. The van der Waals surface area contributed by atoms with E-state index in [0.717, 1.165) is 30.5 Å². The van der Waals surface area contributed by atoms with Crippen molar-refractivity contribution < 1.29 is 33.0 Å². The van der Waals surface area contributed by atoms with E-state index in [9.17, 15) is 18.4 Å². The van der Waals surface area contributed by atoms with Crippen LogP contribution in [-0.2, 0) is 15.9 Å². The molecular weight excluding hydrogens is 432 g/mol. The van der Waals surface area contributed by atoms with Gasteiger partial charge < -0.3 is 19.6 Å². The Labute approximate surface area is 190 Å². The quantitative estimate of drug-likeness (QED) is 0.270. The van der Waals surface area contributed by atoms with E-state index in [0.29, 0.717) is 18.8 Å². The maximum absolute atomic E-state index is 14.8. The minimum atomic E-state index is -0.776. The summed E-state index contributed by atoms with van der Waals surface area (Å²) in [6.45, 7) is 2.18. The number of aryl methyl sites for hydroxylation is 1. The van der Waals surface area contributed by atoms with Crippen molar-refractivity contribution in [3.63, 3.8) is 0 Å². The maximum atomic E-state index is 14.8. The van der Waals surface area contributed by atoms with Crippen molar-refractivity contribution >= 4 is 11.8 Å². The summed E-state index contributed by atoms with van der Waals surface area (Å²) in [4.78, 5) is 28.3. The average Bonchev–Trinajstić information content (AvgIpc) is 3.25. The van der Waals surface area contributed by atoms with Crippen LogP contribution in [0.5, 0.6) is 0 Å². The van der Waals surface area contributed by atoms with E-state index >= 15 is 0 Å². The van der Waals surface area contributed by atoms with Crippen molar-refractivity contribution in [2.75, 3.05) is 26.9 Å². The van der Waals surface area contributed by atoms with Gasteiger partial charge in [0.1, 0.15) is 11.6 Å². The third-order valence-corrected chi connectivity index (χ3v) is 5.32. The lowest BCUT2D eigenvalue weighted by Gasteiger charge is -2.12. The third kappa shape index (κ3) is 5.35. The van der Waals surface area contributed by atoms with Crippen molar-refractivity contribution in [1.82, 2.24) is 4.98 Å². The molecule has 3 rings (SSSR count). The Morgan fingerprint density at radius 3 is 2.36 bits per heavy atom. The number of aliphatic hydroxyl groups excluding tert-OH is 1. The van der Waals surface area contributed by atoms with E-state index in [2.05, 4.69) is 4.98 Å². The molecule has 0 unspecified atom stereocenters. The summed E-state index contributed by atoms with van der Waals surface area (Å²) in [6.07, 6.45) is 2.75. The molecule has 0 spiro atoms. The average molecular weight is 457 g/mol. The van der Waals surface area contributed by atoms with Crippen molar-refractivity contribution in [1.29, 1.82) is 0 Å². The Kier molecular flexibility index (Phi) is 8.08. The van der Waals surface area contributed by atoms with Gasteiger partial charge in [0.2, 0.25) is 5.78 Å². The lowest BCUT2D eigenvalue weighted by molar-refractivity contribution is 0.0601. The molecule has 0 aliphatic carbocycles. The van der Waals surface area contributed by atoms with Gasteiger partial charge in [0.15, 0.2) is 0 Å². The van der Waals surface area contributed by atoms with Crippen LogP contribution in [0, 0.1) is 18.6 Å². The van der Waals surface area contributed by atoms with Gasteiger partial charge in [-0.3, -0.25) is 4.79 Å². The molecule has 0 atom stereocenters. The molecule has 0 radical (unpaired) electrons. The Morgan fingerprint density at radius 2 is 1.70 bits per heavy atom. The molecule has 8 heteroatoms. The number of hydrogen-bond acceptors (Lipinski definition) is 5. The minimum Gasteiger partial charge on any atom is -0.465 e. The van der Waals surface area contributed by atoms with Crippen molar-refractivity contribution in [2.24, 2.45) is 0 Å². The minimum absolute atomic E-state index is 0.0196. The van der Waals surface area contributed by atoms with Crippen LogP contribution >= 0.6 is 0 Å². The van der Waals surface area contributed by atoms with Crippen molar-refractivity contribution in [2.45, 2.75) is 19.8 Å². The van der Waals surface area contributed by atoms with E-state index in [1.165, 1.54) is 20.2 Å². The molecule has 0 aliphatic heterocycles. The first-order valence-electron chi connectivity index (χ1n) is 10.5. The summed E-state index contributed by atoms with van der Waals surface area (Å²) in [7, 11) is 1.17. The molecule has 0 saturated carbocycles. The number of carbonyl (C=O) groups excluding carboxylic acids is 2. The van der Waals surface area contributed by atoms with Crippen LogP contribution in [0.25, 0.3) is 11.1 Å². The lowest BCUT2D eigenvalue weighted by atomic mass is 9.93. The van der Waals surface area contributed by atoms with Crippen LogP contribution in [0.4, 0.5) is 8.78 Å². The molecule has 1 heterocycles. The molecular formula is C25H25F2NO5. The molecule has 2 aromatic carbocycles. The van der Waals surface area contributed by atoms with Gasteiger partial charge in [0.05, 0.1) is 31.6 Å². The summed E-state index contributed by atoms with van der Waals surface area (Å²) in [6, 6.07) is 8.84. The van der Waals surface area contributed by atoms with Crippen LogP contribution in [0.1, 0.15) is 44.0 Å². The molecule has 6 nitrogen and oxygen atoms in total. The highest BCUT2D eigenvalue weighted by atomic mass is 19.1. The topological polar surface area (TPSA) is 88.6 Å². The molecule has 0 aliphatic rings. The standard InChI is InChI=1S/C25H25F2NO5/c1-15-19(26)9-10-20(27)21(15)22-18(25(31)32-2)14-28-23(22)24(30)17-7-5-16(6-8-17)4-3-12-33-13-11-29/h5-10,14,28-29H,3-4,11-13H2,1-2H3. The fraction of sp³-hybridized carbons (Fsp3) is 0.280. The van der Waals surface area contributed by atoms with E-state index < -0.39 is 23.4 Å². The number of carbonyl (C=O) groups is 2. The number of nitrogens with one attached hydrogen (secondary N) is 1. The molecule has 1 aromatic heterocycles. The fourth-order valence-corrected chi connectivity index (χ4v) is 3.61. The second-order valence-electron chi connectivity index (χ2n) is 7.44. The number of aliphatic hydroxyl groups is 1. The largest absolute Gasteiger partial charge is 0.465 e. The number of ether oxygens (including phenoxy) is 2. The molecule has 0 bridgehead atoms. The zero-order chi connectivity index (χ0) is 24.0. The predicted molar refractivity (Wildman–Crippen MR) is 118 cm³/mol. The monoisotopic (exact) mass is 457 g/mol. The number of rotatable bonds is 10. The summed E-state index contributed by atoms with van der Waals surface area (Å²) >= 11 is 0. The molecule has 0 saturated heterocycles. The molecule has 0 amide bonds. The van der Waals surface area contributed by atoms with Gasteiger partial charge in [0, 0.05) is 29.5 Å². The highest BCUT2D eigenvalue weighted by molar-refractivity contribution is 6.15. The SMILES string of the molecule is COC(=O)c1c[nH]c(C(=O)c2ccc(CCCOCCO)cc2)c1-c1c(F)ccc(F)c1C. The number of aromatic nitrogens is 1. The summed E-state index contributed by atoms with van der Waals surface area (Å²) in [5, 5.41) is 8.72. The first-order valence-corrected chi connectivity index (χ1v) is 10.5. The molecule has 0 fully saturated rings. The Bertz CT molecular complexity index is 1140. The van der Waals surface area contributed by atoms with Gasteiger partial charge in [-0.15, -0.1) is 0 Å². The van der Waals surface area contributed by atoms with Crippen molar-refractivity contribution in [3.05, 3.63) is 82.2 Å². The predicted octanol–water partition coefficient (Wildman–Crippen LogP) is 4.23. The van der Waals surface area contributed by atoms with Gasteiger partial charge in [0.25, 0.3) is 0 Å². The van der Waals surface area contributed by atoms with Gasteiger partial charge in [-0.25, -0.2) is 13.6 Å². The van der Waals surface area contributed by atoms with Crippen LogP contribution in [0.3, 0.4) is 0 Å². The zero-order valence-corrected chi connectivity index (χ0v) is 18.4.